The van der Waals surface area contributed by atoms with Crippen LogP contribution in [0.25, 0.3) is 17.1 Å². The molecule has 0 amide bonds. The monoisotopic (exact) mass is 467 g/mol. The molecule has 0 unspecified atom stereocenters. The van der Waals surface area contributed by atoms with E-state index < -0.39 is 17.3 Å². The van der Waals surface area contributed by atoms with Crippen LogP contribution in [0, 0.1) is 5.82 Å². The van der Waals surface area contributed by atoms with Gasteiger partial charge in [0.2, 0.25) is 0 Å². The standard InChI is InChI=1S/C19H10ClF4N5OS/c20-16-14(31-18-26-8-13(28-18)10-1-4-12(21)5-2-10)9-27-29(17(16)30)15-6-3-11(7-25-15)19(22,23)24/h1-9H,(H,26,28). The average molecular weight is 468 g/mol. The van der Waals surface area contributed by atoms with Gasteiger partial charge in [0.05, 0.1) is 28.5 Å². The number of alkyl halides is 3. The van der Waals surface area contributed by atoms with Gasteiger partial charge in [-0.15, -0.1) is 0 Å². The lowest BCUT2D eigenvalue weighted by atomic mass is 10.2. The molecular weight excluding hydrogens is 458 g/mol. The largest absolute Gasteiger partial charge is 0.417 e. The van der Waals surface area contributed by atoms with Gasteiger partial charge in [-0.05, 0) is 53.7 Å². The topological polar surface area (TPSA) is 76.5 Å². The Kier molecular flexibility index (Phi) is 5.54. The second kappa shape index (κ2) is 8.16. The van der Waals surface area contributed by atoms with E-state index in [-0.39, 0.29) is 21.6 Å². The molecule has 0 aliphatic heterocycles. The normalized spacial score (nSPS) is 11.6. The molecule has 6 nitrogen and oxygen atoms in total. The summed E-state index contributed by atoms with van der Waals surface area (Å²) in [5.74, 6) is -0.466. The highest BCUT2D eigenvalue weighted by molar-refractivity contribution is 7.99. The Bertz CT molecular complexity index is 1290. The smallest absolute Gasteiger partial charge is 0.333 e. The molecule has 0 aliphatic rings. The third-order valence-corrected chi connectivity index (χ3v) is 5.50. The lowest BCUT2D eigenvalue weighted by molar-refractivity contribution is -0.137. The fourth-order valence-electron chi connectivity index (χ4n) is 2.57. The van der Waals surface area contributed by atoms with Crippen LogP contribution in [0.5, 0.6) is 0 Å². The van der Waals surface area contributed by atoms with E-state index in [1.165, 1.54) is 18.3 Å². The summed E-state index contributed by atoms with van der Waals surface area (Å²) in [4.78, 5) is 23.7. The number of nitrogens with one attached hydrogen (secondary N) is 1. The van der Waals surface area contributed by atoms with Gasteiger partial charge in [-0.25, -0.2) is 14.4 Å². The number of benzene rings is 1. The van der Waals surface area contributed by atoms with Crippen LogP contribution in [0.2, 0.25) is 5.02 Å². The molecule has 3 heterocycles. The van der Waals surface area contributed by atoms with E-state index in [2.05, 4.69) is 20.1 Å². The molecule has 3 aromatic heterocycles. The van der Waals surface area contributed by atoms with Crippen LogP contribution < -0.4 is 5.56 Å². The molecule has 158 valence electrons. The third kappa shape index (κ3) is 4.47. The van der Waals surface area contributed by atoms with Crippen LogP contribution in [0.15, 0.2) is 69.8 Å². The number of hydrogen-bond donors (Lipinski definition) is 1. The summed E-state index contributed by atoms with van der Waals surface area (Å²) in [5, 5.41) is 4.16. The van der Waals surface area contributed by atoms with Crippen molar-refractivity contribution in [2.24, 2.45) is 0 Å². The quantitative estimate of drug-likeness (QED) is 0.428. The molecule has 1 aromatic carbocycles. The molecule has 0 aliphatic carbocycles. The van der Waals surface area contributed by atoms with E-state index in [0.717, 1.165) is 28.6 Å². The summed E-state index contributed by atoms with van der Waals surface area (Å²) in [6.07, 6.45) is -1.10. The molecule has 12 heteroatoms. The van der Waals surface area contributed by atoms with Gasteiger partial charge in [-0.1, -0.05) is 11.6 Å². The van der Waals surface area contributed by atoms with Crippen LogP contribution in [0.4, 0.5) is 17.6 Å². The first-order chi connectivity index (χ1) is 14.7. The predicted molar refractivity (Wildman–Crippen MR) is 106 cm³/mol. The van der Waals surface area contributed by atoms with Crippen molar-refractivity contribution >= 4 is 23.4 Å². The Hall–Kier alpha value is -3.18. The minimum Gasteiger partial charge on any atom is -0.333 e. The van der Waals surface area contributed by atoms with Gasteiger partial charge in [0.15, 0.2) is 11.0 Å². The molecule has 0 fully saturated rings. The van der Waals surface area contributed by atoms with E-state index >= 15 is 0 Å². The first kappa shape index (κ1) is 21.1. The SMILES string of the molecule is O=c1c(Cl)c(Sc2ncc(-c3ccc(F)cc3)[nH]2)cnn1-c1ccc(C(F)(F)F)cn1. The van der Waals surface area contributed by atoms with E-state index in [4.69, 9.17) is 11.6 Å². The van der Waals surface area contributed by atoms with Crippen LogP contribution in [0.3, 0.4) is 0 Å². The van der Waals surface area contributed by atoms with Crippen molar-refractivity contribution in [1.82, 2.24) is 24.7 Å². The maximum Gasteiger partial charge on any atom is 0.417 e. The molecule has 0 bridgehead atoms. The Labute approximate surface area is 180 Å². The summed E-state index contributed by atoms with van der Waals surface area (Å²) < 4.78 is 51.9. The number of imidazole rings is 1. The lowest BCUT2D eigenvalue weighted by Crippen LogP contribution is -2.23. The molecular formula is C19H10ClF4N5OS. The summed E-state index contributed by atoms with van der Waals surface area (Å²) in [6.45, 7) is 0. The first-order valence-corrected chi connectivity index (χ1v) is 9.72. The molecule has 31 heavy (non-hydrogen) atoms. The summed E-state index contributed by atoms with van der Waals surface area (Å²) in [7, 11) is 0. The summed E-state index contributed by atoms with van der Waals surface area (Å²) in [6, 6.07) is 7.64. The van der Waals surface area contributed by atoms with Crippen LogP contribution in [-0.4, -0.2) is 24.7 Å². The second-order valence-electron chi connectivity index (χ2n) is 6.15. The van der Waals surface area contributed by atoms with Gasteiger partial charge < -0.3 is 4.98 Å². The second-order valence-corrected chi connectivity index (χ2v) is 7.56. The van der Waals surface area contributed by atoms with Crippen molar-refractivity contribution in [2.75, 3.05) is 0 Å². The van der Waals surface area contributed by atoms with Gasteiger partial charge in [-0.2, -0.15) is 23.0 Å². The Balaban J connectivity index is 1.58. The van der Waals surface area contributed by atoms with Crippen molar-refractivity contribution < 1.29 is 17.6 Å². The van der Waals surface area contributed by atoms with Crippen molar-refractivity contribution in [3.63, 3.8) is 0 Å². The molecule has 0 spiro atoms. The van der Waals surface area contributed by atoms with E-state index in [1.807, 2.05) is 0 Å². The highest BCUT2D eigenvalue weighted by Crippen LogP contribution is 2.31. The van der Waals surface area contributed by atoms with Crippen molar-refractivity contribution in [3.8, 4) is 17.1 Å². The van der Waals surface area contributed by atoms with Crippen LogP contribution in [-0.2, 0) is 6.18 Å². The number of pyridine rings is 1. The minimum atomic E-state index is -4.54. The van der Waals surface area contributed by atoms with E-state index in [0.29, 0.717) is 22.6 Å². The first-order valence-electron chi connectivity index (χ1n) is 8.52. The van der Waals surface area contributed by atoms with Crippen LogP contribution >= 0.6 is 23.4 Å². The molecule has 0 saturated carbocycles. The number of nitrogens with zero attached hydrogens (tertiary/aromatic N) is 4. The predicted octanol–water partition coefficient (Wildman–Crippen LogP) is 4.98. The number of hydrogen-bond acceptors (Lipinski definition) is 5. The number of rotatable bonds is 4. The number of aromatic nitrogens is 5. The number of aromatic amines is 1. The highest BCUT2D eigenvalue weighted by atomic mass is 35.5. The molecule has 0 saturated heterocycles. The Morgan fingerprint density at radius 2 is 1.74 bits per heavy atom. The van der Waals surface area contributed by atoms with Gasteiger partial charge in [0.25, 0.3) is 5.56 Å². The van der Waals surface area contributed by atoms with Gasteiger partial charge in [0.1, 0.15) is 10.8 Å². The zero-order valence-electron chi connectivity index (χ0n) is 15.2. The molecule has 4 aromatic rings. The highest BCUT2D eigenvalue weighted by Gasteiger charge is 2.30. The fourth-order valence-corrected chi connectivity index (χ4v) is 3.56. The lowest BCUT2D eigenvalue weighted by Gasteiger charge is -2.09. The van der Waals surface area contributed by atoms with E-state index in [1.54, 1.807) is 18.3 Å². The maximum atomic E-state index is 13.1. The number of H-pyrrole nitrogens is 1. The van der Waals surface area contributed by atoms with Crippen LogP contribution in [0.1, 0.15) is 5.56 Å². The average Bonchev–Trinajstić information content (AvgIpc) is 3.20. The summed E-state index contributed by atoms with van der Waals surface area (Å²) >= 11 is 7.20. The van der Waals surface area contributed by atoms with Gasteiger partial charge in [-0.3, -0.25) is 4.79 Å². The molecule has 1 N–H and O–H groups in total. The van der Waals surface area contributed by atoms with Gasteiger partial charge in [0, 0.05) is 6.20 Å². The van der Waals surface area contributed by atoms with Crippen molar-refractivity contribution in [3.05, 3.63) is 81.7 Å². The number of halogens is 5. The summed E-state index contributed by atoms with van der Waals surface area (Å²) in [5.41, 5.74) is -0.343. The fraction of sp³-hybridized carbons (Fsp3) is 0.0526. The molecule has 0 atom stereocenters. The zero-order valence-corrected chi connectivity index (χ0v) is 16.8. The van der Waals surface area contributed by atoms with Crippen molar-refractivity contribution in [2.45, 2.75) is 16.2 Å². The zero-order chi connectivity index (χ0) is 22.2. The van der Waals surface area contributed by atoms with E-state index in [9.17, 15) is 22.4 Å². The molecule has 4 rings (SSSR count). The van der Waals surface area contributed by atoms with Gasteiger partial charge >= 0.3 is 6.18 Å². The minimum absolute atomic E-state index is 0.104. The van der Waals surface area contributed by atoms with Crippen molar-refractivity contribution in [1.29, 1.82) is 0 Å². The Morgan fingerprint density at radius 3 is 2.39 bits per heavy atom. The third-order valence-electron chi connectivity index (χ3n) is 4.09. The maximum absolute atomic E-state index is 13.1. The Morgan fingerprint density at radius 1 is 1.00 bits per heavy atom. The molecule has 0 radical (unpaired) electrons.